The summed E-state index contributed by atoms with van der Waals surface area (Å²) < 4.78 is 2.38. The Bertz CT molecular complexity index is 2740. The number of nitrogens with one attached hydrogen (secondary N) is 2. The molecule has 0 saturated heterocycles. The van der Waals surface area contributed by atoms with Gasteiger partial charge in [-0.2, -0.15) is 0 Å². The minimum atomic E-state index is -0.199. The molecule has 2 heterocycles. The largest absolute Gasteiger partial charge is 0.350 e. The highest BCUT2D eigenvalue weighted by atomic mass is 15.3. The van der Waals surface area contributed by atoms with Crippen molar-refractivity contribution in [2.75, 3.05) is 4.90 Å². The van der Waals surface area contributed by atoms with Crippen molar-refractivity contribution in [3.05, 3.63) is 229 Å². The highest BCUT2D eigenvalue weighted by molar-refractivity contribution is 6.13. The molecule has 8 aromatic carbocycles. The predicted octanol–water partition coefficient (Wildman–Crippen LogP) is 12.3. The molecule has 0 saturated carbocycles. The van der Waals surface area contributed by atoms with Crippen LogP contribution >= 0.6 is 0 Å². The molecule has 56 heavy (non-hydrogen) atoms. The molecule has 268 valence electrons. The summed E-state index contributed by atoms with van der Waals surface area (Å²) in [4.78, 5) is 7.55. The summed E-state index contributed by atoms with van der Waals surface area (Å²) in [6.45, 7) is 0. The van der Waals surface area contributed by atoms with Gasteiger partial charge in [0.05, 0.1) is 11.0 Å². The van der Waals surface area contributed by atoms with Gasteiger partial charge >= 0.3 is 0 Å². The maximum Gasteiger partial charge on any atom is 0.131 e. The molecule has 0 spiro atoms. The fourth-order valence-electron chi connectivity index (χ4n) is 7.94. The summed E-state index contributed by atoms with van der Waals surface area (Å²) in [7, 11) is 0. The molecule has 1 aliphatic heterocycles. The number of hydrogen-bond donors (Lipinski definition) is 2. The summed E-state index contributed by atoms with van der Waals surface area (Å²) in [5, 5.41) is 9.86. The molecule has 0 amide bonds. The van der Waals surface area contributed by atoms with Crippen LogP contribution in [0.15, 0.2) is 217 Å². The Hall–Kier alpha value is -7.21. The standard InChI is InChI=1S/C51H39N5/c1-6-16-37(17-7-1)49-52-50(38-18-8-2-9-19-38)54-51(53-49)40-28-32-45-46-34-39(29-33-47(46)56(48(45)35-40)43-24-14-5-15-25-43)36-26-30-44(31-27-36)55(41-20-10-3-11-21-41)42-22-12-4-13-23-42/h1-35,49-50,52H,(H,53,54). The Morgan fingerprint density at radius 2 is 0.964 bits per heavy atom. The van der Waals surface area contributed by atoms with E-state index < -0.39 is 0 Å². The molecule has 5 heteroatoms. The van der Waals surface area contributed by atoms with Gasteiger partial charge in [-0.3, -0.25) is 5.32 Å². The number of rotatable bonds is 8. The SMILES string of the molecule is c1ccc(C2N=C(c3ccc4c5cc(-c6ccc(N(c7ccccc7)c7ccccc7)cc6)ccc5n(-c5ccccc5)c4c3)NC(c3ccccc3)N2)cc1. The van der Waals surface area contributed by atoms with Crippen LogP contribution in [0.25, 0.3) is 38.6 Å². The lowest BCUT2D eigenvalue weighted by molar-refractivity contribution is 0.409. The molecule has 0 fully saturated rings. The number of para-hydroxylation sites is 3. The summed E-state index contributed by atoms with van der Waals surface area (Å²) in [6.07, 6.45) is -0.305. The Morgan fingerprint density at radius 1 is 0.429 bits per heavy atom. The summed E-state index contributed by atoms with van der Waals surface area (Å²) in [5.41, 5.74) is 12.4. The van der Waals surface area contributed by atoms with Gasteiger partial charge in [0.15, 0.2) is 0 Å². The Morgan fingerprint density at radius 3 is 1.61 bits per heavy atom. The van der Waals surface area contributed by atoms with Crippen molar-refractivity contribution < 1.29 is 0 Å². The number of amidine groups is 1. The molecule has 10 rings (SSSR count). The van der Waals surface area contributed by atoms with Crippen molar-refractivity contribution in [1.29, 1.82) is 0 Å². The monoisotopic (exact) mass is 721 g/mol. The van der Waals surface area contributed by atoms with E-state index in [9.17, 15) is 0 Å². The van der Waals surface area contributed by atoms with Crippen LogP contribution in [0.3, 0.4) is 0 Å². The Labute approximate surface area is 326 Å². The van der Waals surface area contributed by atoms with E-state index in [1.807, 2.05) is 6.07 Å². The molecule has 0 bridgehead atoms. The normalized spacial score (nSPS) is 15.3. The number of benzene rings is 8. The van der Waals surface area contributed by atoms with E-state index in [2.05, 4.69) is 226 Å². The van der Waals surface area contributed by atoms with Gasteiger partial charge in [0.25, 0.3) is 0 Å². The number of anilines is 3. The zero-order valence-corrected chi connectivity index (χ0v) is 30.7. The maximum absolute atomic E-state index is 5.25. The first kappa shape index (κ1) is 33.4. The Kier molecular flexibility index (Phi) is 8.67. The lowest BCUT2D eigenvalue weighted by Gasteiger charge is -2.32. The first-order valence-corrected chi connectivity index (χ1v) is 19.1. The van der Waals surface area contributed by atoms with Crippen LogP contribution in [0.1, 0.15) is 29.0 Å². The van der Waals surface area contributed by atoms with E-state index in [0.717, 1.165) is 56.3 Å². The fraction of sp³-hybridized carbons (Fsp3) is 0.0392. The van der Waals surface area contributed by atoms with E-state index in [-0.39, 0.29) is 12.3 Å². The van der Waals surface area contributed by atoms with Crippen molar-refractivity contribution >= 4 is 44.7 Å². The fourth-order valence-corrected chi connectivity index (χ4v) is 7.94. The number of aliphatic imine (C=N–C) groups is 1. The van der Waals surface area contributed by atoms with Crippen molar-refractivity contribution in [1.82, 2.24) is 15.2 Å². The van der Waals surface area contributed by atoms with Gasteiger partial charge in [-0.25, -0.2) is 4.99 Å². The van der Waals surface area contributed by atoms with E-state index in [0.29, 0.717) is 0 Å². The second kappa shape index (κ2) is 14.6. The summed E-state index contributed by atoms with van der Waals surface area (Å²) in [6, 6.07) is 75.2. The molecule has 1 aromatic heterocycles. The average molecular weight is 722 g/mol. The molecule has 9 aromatic rings. The van der Waals surface area contributed by atoms with Crippen LogP contribution < -0.4 is 15.5 Å². The van der Waals surface area contributed by atoms with Crippen LogP contribution in [-0.4, -0.2) is 10.4 Å². The van der Waals surface area contributed by atoms with Gasteiger partial charge in [-0.15, -0.1) is 0 Å². The van der Waals surface area contributed by atoms with E-state index in [1.54, 1.807) is 0 Å². The van der Waals surface area contributed by atoms with Gasteiger partial charge in [0, 0.05) is 39.1 Å². The molecule has 2 N–H and O–H groups in total. The first-order valence-electron chi connectivity index (χ1n) is 19.1. The molecule has 0 aliphatic carbocycles. The zero-order chi connectivity index (χ0) is 37.3. The topological polar surface area (TPSA) is 44.6 Å². The lowest BCUT2D eigenvalue weighted by Crippen LogP contribution is -2.44. The van der Waals surface area contributed by atoms with Crippen LogP contribution in [0.4, 0.5) is 17.1 Å². The van der Waals surface area contributed by atoms with Crippen molar-refractivity contribution in [2.45, 2.75) is 12.3 Å². The second-order valence-electron chi connectivity index (χ2n) is 14.1. The first-order chi connectivity index (χ1) is 27.8. The van der Waals surface area contributed by atoms with Crippen LogP contribution in [0.2, 0.25) is 0 Å². The van der Waals surface area contributed by atoms with Gasteiger partial charge < -0.3 is 14.8 Å². The minimum absolute atomic E-state index is 0.106. The van der Waals surface area contributed by atoms with Gasteiger partial charge in [-0.1, -0.05) is 146 Å². The number of hydrogen-bond acceptors (Lipinski definition) is 4. The zero-order valence-electron chi connectivity index (χ0n) is 30.7. The maximum atomic E-state index is 5.25. The van der Waals surface area contributed by atoms with Crippen LogP contribution in [-0.2, 0) is 0 Å². The molecule has 0 radical (unpaired) electrons. The van der Waals surface area contributed by atoms with Crippen molar-refractivity contribution in [2.24, 2.45) is 4.99 Å². The van der Waals surface area contributed by atoms with E-state index in [1.165, 1.54) is 21.9 Å². The molecular formula is C51H39N5. The second-order valence-corrected chi connectivity index (χ2v) is 14.1. The van der Waals surface area contributed by atoms with Crippen molar-refractivity contribution in [3.63, 3.8) is 0 Å². The average Bonchev–Trinajstić information content (AvgIpc) is 3.61. The molecule has 2 atom stereocenters. The highest BCUT2D eigenvalue weighted by Crippen LogP contribution is 2.38. The van der Waals surface area contributed by atoms with E-state index in [4.69, 9.17) is 4.99 Å². The molecular weight excluding hydrogens is 683 g/mol. The third-order valence-electron chi connectivity index (χ3n) is 10.7. The quantitative estimate of drug-likeness (QED) is 0.164. The summed E-state index contributed by atoms with van der Waals surface area (Å²) >= 11 is 0. The van der Waals surface area contributed by atoms with Crippen LogP contribution in [0, 0.1) is 0 Å². The number of nitrogens with zero attached hydrogens (tertiary/aromatic N) is 3. The Balaban J connectivity index is 1.07. The lowest BCUT2D eigenvalue weighted by atomic mass is 10.0. The van der Waals surface area contributed by atoms with Gasteiger partial charge in [-0.05, 0) is 89.0 Å². The van der Waals surface area contributed by atoms with Gasteiger partial charge in [0.1, 0.15) is 18.2 Å². The minimum Gasteiger partial charge on any atom is -0.350 e. The van der Waals surface area contributed by atoms with Crippen molar-refractivity contribution in [3.8, 4) is 16.8 Å². The highest BCUT2D eigenvalue weighted by Gasteiger charge is 2.26. The van der Waals surface area contributed by atoms with Gasteiger partial charge in [0.2, 0.25) is 0 Å². The molecule has 2 unspecified atom stereocenters. The third-order valence-corrected chi connectivity index (χ3v) is 10.7. The molecule has 1 aliphatic rings. The smallest absolute Gasteiger partial charge is 0.131 e. The number of aromatic nitrogens is 1. The third kappa shape index (κ3) is 6.30. The van der Waals surface area contributed by atoms with E-state index >= 15 is 0 Å². The number of fused-ring (bicyclic) bond motifs is 3. The van der Waals surface area contributed by atoms with Crippen LogP contribution in [0.5, 0.6) is 0 Å². The summed E-state index contributed by atoms with van der Waals surface area (Å²) in [5.74, 6) is 0.860. The molecule has 5 nitrogen and oxygen atoms in total. The predicted molar refractivity (Wildman–Crippen MR) is 232 cm³/mol.